The lowest BCUT2D eigenvalue weighted by atomic mass is 10.1. The zero-order valence-corrected chi connectivity index (χ0v) is 16.9. The van der Waals surface area contributed by atoms with Crippen LogP contribution >= 0.6 is 12.2 Å². The molecule has 1 aromatic heterocycles. The molecule has 11 heteroatoms. The first kappa shape index (κ1) is 21.8. The van der Waals surface area contributed by atoms with Crippen LogP contribution in [0, 0.1) is 0 Å². The van der Waals surface area contributed by atoms with Gasteiger partial charge in [0.2, 0.25) is 0 Å². The number of alkyl halides is 4. The van der Waals surface area contributed by atoms with Crippen molar-refractivity contribution >= 4 is 29.3 Å². The van der Waals surface area contributed by atoms with Crippen molar-refractivity contribution in [1.82, 2.24) is 20.0 Å². The van der Waals surface area contributed by atoms with Crippen LogP contribution in [0.4, 0.5) is 17.6 Å². The summed E-state index contributed by atoms with van der Waals surface area (Å²) < 4.78 is 58.5. The maximum absolute atomic E-state index is 13.3. The molecule has 1 amide bonds. The van der Waals surface area contributed by atoms with E-state index in [2.05, 4.69) is 10.4 Å². The van der Waals surface area contributed by atoms with Gasteiger partial charge in [0.05, 0.1) is 13.7 Å². The summed E-state index contributed by atoms with van der Waals surface area (Å²) in [5.74, 6) is 0.0800. The lowest BCUT2D eigenvalue weighted by Crippen LogP contribution is -2.30. The average Bonchev–Trinajstić information content (AvgIpc) is 3.23. The molecule has 0 aliphatic carbocycles. The van der Waals surface area contributed by atoms with Gasteiger partial charge in [-0.3, -0.25) is 14.4 Å². The van der Waals surface area contributed by atoms with Crippen molar-refractivity contribution in [2.45, 2.75) is 26.3 Å². The Balaban J connectivity index is 1.96. The second-order valence-corrected chi connectivity index (χ2v) is 6.75. The minimum Gasteiger partial charge on any atom is -0.496 e. The van der Waals surface area contributed by atoms with Gasteiger partial charge >= 0.3 is 0 Å². The lowest BCUT2D eigenvalue weighted by Gasteiger charge is -2.12. The molecule has 0 atom stereocenters. The quantitative estimate of drug-likeness (QED) is 0.401. The lowest BCUT2D eigenvalue weighted by molar-refractivity contribution is -0.122. The van der Waals surface area contributed by atoms with Gasteiger partial charge in [-0.1, -0.05) is 6.07 Å². The van der Waals surface area contributed by atoms with Crippen molar-refractivity contribution in [1.29, 1.82) is 0 Å². The van der Waals surface area contributed by atoms with Crippen molar-refractivity contribution in [2.75, 3.05) is 13.7 Å². The normalized spacial score (nSPS) is 15.6. The molecule has 1 N–H and O–H groups in total. The van der Waals surface area contributed by atoms with E-state index in [0.717, 1.165) is 4.68 Å². The number of rotatable bonds is 7. The molecule has 1 saturated heterocycles. The number of methoxy groups -OCH3 is 1. The molecule has 2 aromatic rings. The van der Waals surface area contributed by atoms with Gasteiger partial charge < -0.3 is 10.1 Å². The number of likely N-dealkylation sites (N-methyl/N-ethyl adjacent to an activating group) is 1. The van der Waals surface area contributed by atoms with Crippen LogP contribution in [0.3, 0.4) is 0 Å². The monoisotopic (exact) mass is 442 g/mol. The highest BCUT2D eigenvalue weighted by atomic mass is 32.1. The summed E-state index contributed by atoms with van der Waals surface area (Å²) in [6.07, 6.45) is -4.37. The van der Waals surface area contributed by atoms with E-state index in [-0.39, 0.29) is 18.1 Å². The minimum atomic E-state index is -2.97. The number of aromatic nitrogens is 2. The van der Waals surface area contributed by atoms with E-state index < -0.39 is 24.2 Å². The Morgan fingerprint density at radius 3 is 2.53 bits per heavy atom. The molecule has 1 aliphatic rings. The summed E-state index contributed by atoms with van der Waals surface area (Å²) in [6, 6.07) is 5.56. The first-order valence-corrected chi connectivity index (χ1v) is 9.31. The van der Waals surface area contributed by atoms with Crippen molar-refractivity contribution in [3.63, 3.8) is 0 Å². The van der Waals surface area contributed by atoms with Gasteiger partial charge in [-0.25, -0.2) is 17.6 Å². The number of thiocarbonyl (C=S) groups is 1. The number of carbonyl (C=O) groups is 1. The summed E-state index contributed by atoms with van der Waals surface area (Å²) in [7, 11) is 1.40. The fourth-order valence-corrected chi connectivity index (χ4v) is 3.38. The standard InChI is InChI=1S/C19H18F4N4O2S/c1-3-26-18(28)13(24-19(26)30)7-10-4-5-15(29-2)11(6-10)9-27-14(17(22)23)8-12(25-27)16(20)21/h4-8,16-17H,3,9H2,1-2H3,(H,24,30). The van der Waals surface area contributed by atoms with E-state index in [0.29, 0.717) is 34.6 Å². The Kier molecular flexibility index (Phi) is 6.40. The Labute approximate surface area is 175 Å². The van der Waals surface area contributed by atoms with E-state index in [9.17, 15) is 22.4 Å². The first-order chi connectivity index (χ1) is 14.2. The molecule has 1 aromatic carbocycles. The third-order valence-electron chi connectivity index (χ3n) is 4.49. The molecule has 0 bridgehead atoms. The largest absolute Gasteiger partial charge is 0.496 e. The van der Waals surface area contributed by atoms with Gasteiger partial charge in [-0.15, -0.1) is 0 Å². The zero-order chi connectivity index (χ0) is 22.0. The molecule has 160 valence electrons. The fraction of sp³-hybridized carbons (Fsp3) is 0.316. The number of ether oxygens (including phenoxy) is 1. The Morgan fingerprint density at radius 2 is 1.97 bits per heavy atom. The van der Waals surface area contributed by atoms with Crippen LogP contribution in [0.1, 0.15) is 42.3 Å². The molecule has 30 heavy (non-hydrogen) atoms. The van der Waals surface area contributed by atoms with Crippen molar-refractivity contribution in [3.8, 4) is 5.75 Å². The molecular weight excluding hydrogens is 424 g/mol. The highest BCUT2D eigenvalue weighted by molar-refractivity contribution is 7.80. The number of carbonyl (C=O) groups excluding carboxylic acids is 1. The number of hydrogen-bond donors (Lipinski definition) is 1. The molecule has 0 unspecified atom stereocenters. The molecule has 6 nitrogen and oxygen atoms in total. The maximum Gasteiger partial charge on any atom is 0.282 e. The predicted molar refractivity (Wildman–Crippen MR) is 105 cm³/mol. The summed E-state index contributed by atoms with van der Waals surface area (Å²) in [6.45, 7) is 1.99. The number of halogens is 4. The fourth-order valence-electron chi connectivity index (χ4n) is 3.06. The van der Waals surface area contributed by atoms with E-state index in [4.69, 9.17) is 17.0 Å². The van der Waals surface area contributed by atoms with Crippen LogP contribution in [0.5, 0.6) is 5.75 Å². The highest BCUT2D eigenvalue weighted by Crippen LogP contribution is 2.28. The molecule has 0 saturated carbocycles. The smallest absolute Gasteiger partial charge is 0.282 e. The van der Waals surface area contributed by atoms with Crippen LogP contribution in [0.2, 0.25) is 0 Å². The molecule has 0 spiro atoms. The van der Waals surface area contributed by atoms with Crippen LogP contribution in [0.15, 0.2) is 30.0 Å². The van der Waals surface area contributed by atoms with Gasteiger partial charge in [0.25, 0.3) is 18.8 Å². The van der Waals surface area contributed by atoms with Crippen LogP contribution < -0.4 is 10.1 Å². The summed E-state index contributed by atoms with van der Waals surface area (Å²) in [4.78, 5) is 13.7. The van der Waals surface area contributed by atoms with Crippen molar-refractivity contribution in [2.24, 2.45) is 0 Å². The van der Waals surface area contributed by atoms with E-state index in [1.54, 1.807) is 31.2 Å². The molecule has 3 rings (SSSR count). The Morgan fingerprint density at radius 1 is 1.23 bits per heavy atom. The average molecular weight is 442 g/mol. The molecule has 1 fully saturated rings. The number of nitrogens with one attached hydrogen (secondary N) is 1. The molecular formula is C19H18F4N4O2S. The minimum absolute atomic E-state index is 0.215. The third-order valence-corrected chi connectivity index (χ3v) is 4.81. The SMILES string of the molecule is CCN1C(=O)C(=Cc2ccc(OC)c(Cn3nc(C(F)F)cc3C(F)F)c2)NC1=S. The Hall–Kier alpha value is -2.95. The van der Waals surface area contributed by atoms with Gasteiger partial charge in [-0.2, -0.15) is 5.10 Å². The Bertz CT molecular complexity index is 1010. The van der Waals surface area contributed by atoms with Gasteiger partial charge in [0, 0.05) is 12.1 Å². The van der Waals surface area contributed by atoms with E-state index in [1.807, 2.05) is 0 Å². The van der Waals surface area contributed by atoms with Gasteiger partial charge in [0.15, 0.2) is 5.11 Å². The van der Waals surface area contributed by atoms with Crippen LogP contribution in [-0.4, -0.2) is 39.4 Å². The highest BCUT2D eigenvalue weighted by Gasteiger charge is 2.29. The second-order valence-electron chi connectivity index (χ2n) is 6.36. The van der Waals surface area contributed by atoms with E-state index >= 15 is 0 Å². The molecule has 1 aliphatic heterocycles. The number of benzene rings is 1. The maximum atomic E-state index is 13.3. The predicted octanol–water partition coefficient (Wildman–Crippen LogP) is 3.89. The van der Waals surface area contributed by atoms with Gasteiger partial charge in [-0.05, 0) is 49.0 Å². The summed E-state index contributed by atoms with van der Waals surface area (Å²) in [5.41, 5.74) is -0.0743. The first-order valence-electron chi connectivity index (χ1n) is 8.90. The molecule has 0 radical (unpaired) electrons. The van der Waals surface area contributed by atoms with Crippen molar-refractivity contribution in [3.05, 3.63) is 52.5 Å². The van der Waals surface area contributed by atoms with Gasteiger partial charge in [0.1, 0.15) is 22.8 Å². The topological polar surface area (TPSA) is 59.4 Å². The van der Waals surface area contributed by atoms with Crippen LogP contribution in [-0.2, 0) is 11.3 Å². The number of hydrogen-bond acceptors (Lipinski definition) is 4. The molecule has 2 heterocycles. The van der Waals surface area contributed by atoms with E-state index in [1.165, 1.54) is 12.0 Å². The number of nitrogens with zero attached hydrogens (tertiary/aromatic N) is 3. The van der Waals surface area contributed by atoms with Crippen LogP contribution in [0.25, 0.3) is 6.08 Å². The number of amides is 1. The van der Waals surface area contributed by atoms with Crippen molar-refractivity contribution < 1.29 is 27.1 Å². The third kappa shape index (κ3) is 4.30. The second kappa shape index (κ2) is 8.82. The summed E-state index contributed by atoms with van der Waals surface area (Å²) in [5, 5.41) is 6.72. The zero-order valence-electron chi connectivity index (χ0n) is 16.0. The summed E-state index contributed by atoms with van der Waals surface area (Å²) >= 11 is 5.11.